The molecule has 210 valence electrons. The van der Waals surface area contributed by atoms with Gasteiger partial charge in [0.05, 0.1) is 37.1 Å². The van der Waals surface area contributed by atoms with Crippen molar-refractivity contribution in [2.24, 2.45) is 5.92 Å². The number of hydrogen-bond donors (Lipinski definition) is 7. The summed E-state index contributed by atoms with van der Waals surface area (Å²) in [6.07, 6.45) is 1.28. The number of rotatable bonds is 18. The van der Waals surface area contributed by atoms with E-state index in [1.165, 1.54) is 18.2 Å². The van der Waals surface area contributed by atoms with Gasteiger partial charge >= 0.3 is 23.9 Å². The van der Waals surface area contributed by atoms with E-state index in [0.29, 0.717) is 44.1 Å². The standard InChI is InChI=1S/C19H28O8.C6H10O4/c1-2-12(10-27-11-15(21)9-20)17(22)5-3-4-13-8-14(18(23)24)6-7-16(13)19(25)26;7-5(8)3-1-2-4-6(9)10/h6-8,12,15,17,20-22H,2-5,9-11H2,1H3,(H,23,24)(H,25,26);1-4H2,(H,7,8)(H,9,10). The van der Waals surface area contributed by atoms with Gasteiger partial charge in [-0.3, -0.25) is 9.59 Å². The molecule has 0 fully saturated rings. The fraction of sp³-hybridized carbons (Fsp3) is 0.600. The van der Waals surface area contributed by atoms with Crippen LogP contribution in [0, 0.1) is 5.92 Å². The van der Waals surface area contributed by atoms with E-state index in [9.17, 15) is 34.5 Å². The van der Waals surface area contributed by atoms with Crippen LogP contribution in [-0.4, -0.2) is 91.7 Å². The maximum absolute atomic E-state index is 11.3. The fourth-order valence-corrected chi connectivity index (χ4v) is 3.34. The normalized spacial score (nSPS) is 13.1. The van der Waals surface area contributed by atoms with Crippen molar-refractivity contribution in [2.45, 2.75) is 70.5 Å². The molecular weight excluding hydrogens is 492 g/mol. The first kappa shape index (κ1) is 33.9. The molecule has 37 heavy (non-hydrogen) atoms. The summed E-state index contributed by atoms with van der Waals surface area (Å²) in [6.45, 7) is 1.74. The first-order chi connectivity index (χ1) is 17.4. The number of carboxylic acid groups (broad SMARTS) is 4. The molecule has 7 N–H and O–H groups in total. The number of aryl methyl sites for hydroxylation is 1. The number of aromatic carboxylic acids is 2. The minimum absolute atomic E-state index is 0.0102. The number of benzene rings is 1. The molecule has 0 aliphatic rings. The number of hydrogen-bond acceptors (Lipinski definition) is 8. The Morgan fingerprint density at radius 2 is 1.46 bits per heavy atom. The lowest BCUT2D eigenvalue weighted by molar-refractivity contribution is -0.139. The van der Waals surface area contributed by atoms with Crippen molar-refractivity contribution < 1.29 is 59.7 Å². The number of ether oxygens (including phenoxy) is 1. The van der Waals surface area contributed by atoms with Crippen LogP contribution in [0.25, 0.3) is 0 Å². The van der Waals surface area contributed by atoms with Crippen LogP contribution in [0.4, 0.5) is 0 Å². The molecule has 0 saturated carbocycles. The zero-order valence-electron chi connectivity index (χ0n) is 20.9. The highest BCUT2D eigenvalue weighted by atomic mass is 16.5. The zero-order valence-corrected chi connectivity index (χ0v) is 20.9. The van der Waals surface area contributed by atoms with Crippen LogP contribution in [0.3, 0.4) is 0 Å². The van der Waals surface area contributed by atoms with Crippen molar-refractivity contribution in [1.29, 1.82) is 0 Å². The van der Waals surface area contributed by atoms with Gasteiger partial charge in [-0.2, -0.15) is 0 Å². The lowest BCUT2D eigenvalue weighted by Gasteiger charge is -2.22. The summed E-state index contributed by atoms with van der Waals surface area (Å²) in [4.78, 5) is 42.2. The van der Waals surface area contributed by atoms with Crippen molar-refractivity contribution in [3.05, 3.63) is 34.9 Å². The summed E-state index contributed by atoms with van der Waals surface area (Å²) < 4.78 is 5.30. The predicted octanol–water partition coefficient (Wildman–Crippen LogP) is 1.88. The van der Waals surface area contributed by atoms with Crippen LogP contribution in [-0.2, 0) is 20.7 Å². The number of carbonyl (C=O) groups is 4. The Morgan fingerprint density at radius 1 is 0.865 bits per heavy atom. The lowest BCUT2D eigenvalue weighted by atomic mass is 9.93. The molecule has 1 aromatic rings. The maximum atomic E-state index is 11.3. The summed E-state index contributed by atoms with van der Waals surface area (Å²) in [5, 5.41) is 62.9. The van der Waals surface area contributed by atoms with Gasteiger partial charge in [0.25, 0.3) is 0 Å². The molecular formula is C25H38O12. The first-order valence-electron chi connectivity index (χ1n) is 12.0. The van der Waals surface area contributed by atoms with Gasteiger partial charge in [-0.15, -0.1) is 0 Å². The molecule has 3 unspecified atom stereocenters. The highest BCUT2D eigenvalue weighted by Gasteiger charge is 2.19. The van der Waals surface area contributed by atoms with E-state index >= 15 is 0 Å². The Hall–Kier alpha value is -3.06. The Labute approximate surface area is 215 Å². The summed E-state index contributed by atoms with van der Waals surface area (Å²) in [6, 6.07) is 3.90. The van der Waals surface area contributed by atoms with Crippen molar-refractivity contribution in [3.63, 3.8) is 0 Å². The van der Waals surface area contributed by atoms with Crippen molar-refractivity contribution >= 4 is 23.9 Å². The second-order valence-corrected chi connectivity index (χ2v) is 8.48. The molecule has 0 amide bonds. The van der Waals surface area contributed by atoms with Crippen LogP contribution >= 0.6 is 0 Å². The van der Waals surface area contributed by atoms with Gasteiger partial charge in [-0.05, 0) is 62.3 Å². The maximum Gasteiger partial charge on any atom is 0.335 e. The third kappa shape index (κ3) is 15.6. The second kappa shape index (κ2) is 19.1. The van der Waals surface area contributed by atoms with E-state index in [1.54, 1.807) is 0 Å². The largest absolute Gasteiger partial charge is 0.481 e. The van der Waals surface area contributed by atoms with Crippen LogP contribution in [0.2, 0.25) is 0 Å². The Bertz CT molecular complexity index is 838. The van der Waals surface area contributed by atoms with E-state index in [-0.39, 0.29) is 49.7 Å². The molecule has 12 nitrogen and oxygen atoms in total. The molecule has 0 aromatic heterocycles. The summed E-state index contributed by atoms with van der Waals surface area (Å²) in [5.41, 5.74) is 0.505. The fourth-order valence-electron chi connectivity index (χ4n) is 3.34. The summed E-state index contributed by atoms with van der Waals surface area (Å²) >= 11 is 0. The topological polar surface area (TPSA) is 219 Å². The number of carboxylic acids is 4. The Morgan fingerprint density at radius 3 is 1.92 bits per heavy atom. The highest BCUT2D eigenvalue weighted by molar-refractivity contribution is 5.93. The Kier molecular flexibility index (Phi) is 17.5. The number of unbranched alkanes of at least 4 members (excludes halogenated alkanes) is 1. The third-order valence-corrected chi connectivity index (χ3v) is 5.48. The molecule has 0 aliphatic carbocycles. The third-order valence-electron chi connectivity index (χ3n) is 5.48. The van der Waals surface area contributed by atoms with Crippen LogP contribution in [0.5, 0.6) is 0 Å². The van der Waals surface area contributed by atoms with Gasteiger partial charge in [-0.25, -0.2) is 9.59 Å². The van der Waals surface area contributed by atoms with Gasteiger partial charge in [-0.1, -0.05) is 6.92 Å². The second-order valence-electron chi connectivity index (χ2n) is 8.48. The average molecular weight is 531 g/mol. The van der Waals surface area contributed by atoms with Crippen molar-refractivity contribution in [2.75, 3.05) is 19.8 Å². The number of aliphatic hydroxyl groups is 3. The van der Waals surface area contributed by atoms with Gasteiger partial charge < -0.3 is 40.5 Å². The molecule has 3 atom stereocenters. The summed E-state index contributed by atoms with van der Waals surface area (Å²) in [7, 11) is 0. The van der Waals surface area contributed by atoms with E-state index in [1.807, 2.05) is 6.92 Å². The van der Waals surface area contributed by atoms with Gasteiger partial charge in [0.1, 0.15) is 6.10 Å². The molecule has 0 heterocycles. The summed E-state index contributed by atoms with van der Waals surface area (Å²) in [5.74, 6) is -4.14. The molecule has 0 spiro atoms. The number of aliphatic carboxylic acids is 2. The van der Waals surface area contributed by atoms with Gasteiger partial charge in [0.2, 0.25) is 0 Å². The van der Waals surface area contributed by atoms with Crippen LogP contribution < -0.4 is 0 Å². The first-order valence-corrected chi connectivity index (χ1v) is 12.0. The highest BCUT2D eigenvalue weighted by Crippen LogP contribution is 2.19. The van der Waals surface area contributed by atoms with E-state index < -0.39 is 36.1 Å². The van der Waals surface area contributed by atoms with Crippen molar-refractivity contribution in [1.82, 2.24) is 0 Å². The smallest absolute Gasteiger partial charge is 0.335 e. The number of aliphatic hydroxyl groups excluding tert-OH is 3. The van der Waals surface area contributed by atoms with Gasteiger partial charge in [0, 0.05) is 18.8 Å². The van der Waals surface area contributed by atoms with Crippen LogP contribution in [0.15, 0.2) is 18.2 Å². The predicted molar refractivity (Wildman–Crippen MR) is 131 cm³/mol. The molecule has 1 rings (SSSR count). The zero-order chi connectivity index (χ0) is 28.4. The molecule has 1 aromatic carbocycles. The quantitative estimate of drug-likeness (QED) is 0.135. The molecule has 0 bridgehead atoms. The Balaban J connectivity index is 0.00000109. The lowest BCUT2D eigenvalue weighted by Crippen LogP contribution is -2.27. The van der Waals surface area contributed by atoms with Crippen molar-refractivity contribution in [3.8, 4) is 0 Å². The SMILES string of the molecule is CCC(COCC(O)CO)C(O)CCCc1cc(C(=O)O)ccc1C(=O)O.O=C(O)CCCCC(=O)O. The van der Waals surface area contributed by atoms with Gasteiger partial charge in [0.15, 0.2) is 0 Å². The van der Waals surface area contributed by atoms with E-state index in [2.05, 4.69) is 0 Å². The average Bonchev–Trinajstić information content (AvgIpc) is 2.84. The van der Waals surface area contributed by atoms with E-state index in [4.69, 9.17) is 25.2 Å². The minimum Gasteiger partial charge on any atom is -0.481 e. The molecule has 0 radical (unpaired) electrons. The van der Waals surface area contributed by atoms with Crippen LogP contribution in [0.1, 0.15) is 78.1 Å². The minimum atomic E-state index is -1.12. The molecule has 12 heteroatoms. The monoisotopic (exact) mass is 530 g/mol. The molecule has 0 aliphatic heterocycles. The van der Waals surface area contributed by atoms with E-state index in [0.717, 1.165) is 0 Å². The molecule has 0 saturated heterocycles.